The Labute approximate surface area is 171 Å². The van der Waals surface area contributed by atoms with E-state index in [1.807, 2.05) is 0 Å². The highest BCUT2D eigenvalue weighted by atomic mass is 127. The molecule has 0 spiro atoms. The Kier molecular flexibility index (Phi) is 7.13. The summed E-state index contributed by atoms with van der Waals surface area (Å²) in [5.41, 5.74) is 0.0383. The Morgan fingerprint density at radius 2 is 1.73 bits per heavy atom. The zero-order valence-electron chi connectivity index (χ0n) is 15.7. The molecule has 1 heterocycles. The SMILES string of the molecule is CN=C(NC1CCC(C(F)(F)F)CC1)NC1C2CCCOC2C1(C)C.I. The van der Waals surface area contributed by atoms with Crippen molar-refractivity contribution in [2.24, 2.45) is 22.2 Å². The van der Waals surface area contributed by atoms with Gasteiger partial charge in [0.05, 0.1) is 12.0 Å². The molecule has 3 rings (SSSR count). The number of hydrogen-bond donors (Lipinski definition) is 2. The number of alkyl halides is 3. The third-order valence-electron chi connectivity index (χ3n) is 6.38. The van der Waals surface area contributed by atoms with Crippen molar-refractivity contribution in [3.05, 3.63) is 0 Å². The van der Waals surface area contributed by atoms with Gasteiger partial charge in [-0.3, -0.25) is 4.99 Å². The molecular formula is C18H31F3IN3O. The first-order valence-corrected chi connectivity index (χ1v) is 9.41. The van der Waals surface area contributed by atoms with Gasteiger partial charge in [-0.15, -0.1) is 24.0 Å². The van der Waals surface area contributed by atoms with E-state index >= 15 is 0 Å². The van der Waals surface area contributed by atoms with E-state index in [2.05, 4.69) is 29.5 Å². The zero-order chi connectivity index (χ0) is 18.2. The number of nitrogens with one attached hydrogen (secondary N) is 2. The molecule has 0 aromatic rings. The van der Waals surface area contributed by atoms with E-state index in [1.54, 1.807) is 7.05 Å². The summed E-state index contributed by atoms with van der Waals surface area (Å²) in [5.74, 6) is 0.0482. The van der Waals surface area contributed by atoms with Crippen LogP contribution >= 0.6 is 24.0 Å². The number of hydrogen-bond acceptors (Lipinski definition) is 2. The Morgan fingerprint density at radius 1 is 1.08 bits per heavy atom. The van der Waals surface area contributed by atoms with Crippen LogP contribution < -0.4 is 10.6 Å². The number of rotatable bonds is 2. The second-order valence-corrected chi connectivity index (χ2v) is 8.35. The fraction of sp³-hybridized carbons (Fsp3) is 0.944. The molecule has 3 fully saturated rings. The van der Waals surface area contributed by atoms with E-state index in [0.717, 1.165) is 19.4 Å². The normalized spacial score (nSPS) is 37.0. The maximum absolute atomic E-state index is 12.8. The molecule has 3 aliphatic rings. The van der Waals surface area contributed by atoms with E-state index in [4.69, 9.17) is 4.74 Å². The molecule has 0 bridgehead atoms. The number of aliphatic imine (C=N–C) groups is 1. The van der Waals surface area contributed by atoms with Gasteiger partial charge in [0.1, 0.15) is 0 Å². The lowest BCUT2D eigenvalue weighted by molar-refractivity contribution is -0.188. The van der Waals surface area contributed by atoms with Crippen LogP contribution in [-0.2, 0) is 4.74 Å². The molecule has 1 aliphatic heterocycles. The molecule has 4 nitrogen and oxygen atoms in total. The lowest BCUT2D eigenvalue weighted by Crippen LogP contribution is -2.71. The average molecular weight is 489 g/mol. The Hall–Kier alpha value is -0.250. The first-order chi connectivity index (χ1) is 11.7. The summed E-state index contributed by atoms with van der Waals surface area (Å²) in [6.07, 6.45) is -0.0577. The predicted molar refractivity (Wildman–Crippen MR) is 107 cm³/mol. The second kappa shape index (κ2) is 8.41. The molecule has 3 unspecified atom stereocenters. The van der Waals surface area contributed by atoms with Gasteiger partial charge in [0, 0.05) is 37.1 Å². The molecule has 0 amide bonds. The van der Waals surface area contributed by atoms with Crippen molar-refractivity contribution in [3.8, 4) is 0 Å². The lowest BCUT2D eigenvalue weighted by atomic mass is 9.55. The third kappa shape index (κ3) is 4.42. The molecule has 8 heteroatoms. The molecule has 152 valence electrons. The maximum atomic E-state index is 12.8. The van der Waals surface area contributed by atoms with Gasteiger partial charge in [0.15, 0.2) is 5.96 Å². The monoisotopic (exact) mass is 489 g/mol. The van der Waals surface area contributed by atoms with E-state index < -0.39 is 12.1 Å². The van der Waals surface area contributed by atoms with Gasteiger partial charge in [0.25, 0.3) is 0 Å². The first kappa shape index (κ1) is 22.0. The summed E-state index contributed by atoms with van der Waals surface area (Å²) < 4.78 is 44.3. The van der Waals surface area contributed by atoms with Gasteiger partial charge >= 0.3 is 6.18 Å². The number of nitrogens with zero attached hydrogens (tertiary/aromatic N) is 1. The molecule has 2 saturated carbocycles. The predicted octanol–water partition coefficient (Wildman–Crippen LogP) is 4.09. The van der Waals surface area contributed by atoms with Crippen molar-refractivity contribution in [1.29, 1.82) is 0 Å². The van der Waals surface area contributed by atoms with Crippen molar-refractivity contribution < 1.29 is 17.9 Å². The fourth-order valence-corrected chi connectivity index (χ4v) is 4.89. The van der Waals surface area contributed by atoms with Crippen LogP contribution in [0.3, 0.4) is 0 Å². The van der Waals surface area contributed by atoms with Gasteiger partial charge in [-0.2, -0.15) is 13.2 Å². The minimum Gasteiger partial charge on any atom is -0.377 e. The summed E-state index contributed by atoms with van der Waals surface area (Å²) in [7, 11) is 1.72. The summed E-state index contributed by atoms with van der Waals surface area (Å²) in [6.45, 7) is 5.25. The molecule has 26 heavy (non-hydrogen) atoms. The number of ether oxygens (including phenoxy) is 1. The van der Waals surface area contributed by atoms with Crippen LogP contribution in [0.5, 0.6) is 0 Å². The zero-order valence-corrected chi connectivity index (χ0v) is 18.1. The number of halogens is 4. The highest BCUT2D eigenvalue weighted by molar-refractivity contribution is 14.0. The fourth-order valence-electron chi connectivity index (χ4n) is 4.89. The lowest BCUT2D eigenvalue weighted by Gasteiger charge is -2.60. The molecule has 0 aromatic heterocycles. The molecule has 1 saturated heterocycles. The Balaban J connectivity index is 0.00000243. The smallest absolute Gasteiger partial charge is 0.377 e. The molecule has 2 N–H and O–H groups in total. The largest absolute Gasteiger partial charge is 0.391 e. The van der Waals surface area contributed by atoms with E-state index in [0.29, 0.717) is 30.8 Å². The van der Waals surface area contributed by atoms with Gasteiger partial charge < -0.3 is 15.4 Å². The standard InChI is InChI=1S/C18H30F3N3O.HI/c1-17(2)14(13-5-4-10-25-15(13)17)24-16(22-3)23-12-8-6-11(7-9-12)18(19,20)21;/h11-15H,4-10H2,1-3H3,(H2,22,23,24);1H. The summed E-state index contributed by atoms with van der Waals surface area (Å²) in [6, 6.07) is 0.349. The van der Waals surface area contributed by atoms with Crippen LogP contribution in [0.25, 0.3) is 0 Å². The minimum absolute atomic E-state index is 0. The van der Waals surface area contributed by atoms with Crippen LogP contribution in [0.1, 0.15) is 52.4 Å². The van der Waals surface area contributed by atoms with Crippen molar-refractivity contribution >= 4 is 29.9 Å². The Bertz CT molecular complexity index is 504. The van der Waals surface area contributed by atoms with Crippen molar-refractivity contribution in [1.82, 2.24) is 10.6 Å². The highest BCUT2D eigenvalue weighted by Crippen LogP contribution is 2.51. The Morgan fingerprint density at radius 3 is 2.31 bits per heavy atom. The molecular weight excluding hydrogens is 458 g/mol. The van der Waals surface area contributed by atoms with Gasteiger partial charge in [-0.05, 0) is 38.5 Å². The first-order valence-electron chi connectivity index (χ1n) is 9.41. The van der Waals surface area contributed by atoms with Gasteiger partial charge in [-0.25, -0.2) is 0 Å². The average Bonchev–Trinajstić information content (AvgIpc) is 2.58. The number of guanidine groups is 1. The third-order valence-corrected chi connectivity index (χ3v) is 6.38. The topological polar surface area (TPSA) is 45.7 Å². The molecule has 0 radical (unpaired) electrons. The second-order valence-electron chi connectivity index (χ2n) is 8.35. The van der Waals surface area contributed by atoms with E-state index in [-0.39, 0.29) is 54.3 Å². The maximum Gasteiger partial charge on any atom is 0.391 e. The van der Waals surface area contributed by atoms with Gasteiger partial charge in [0.2, 0.25) is 0 Å². The molecule has 0 aromatic carbocycles. The van der Waals surface area contributed by atoms with Crippen molar-refractivity contribution in [2.75, 3.05) is 13.7 Å². The van der Waals surface area contributed by atoms with Gasteiger partial charge in [-0.1, -0.05) is 13.8 Å². The van der Waals surface area contributed by atoms with Crippen LogP contribution in [0, 0.1) is 17.3 Å². The highest BCUT2D eigenvalue weighted by Gasteiger charge is 2.58. The summed E-state index contributed by atoms with van der Waals surface area (Å²) in [4.78, 5) is 4.31. The molecule has 3 atom stereocenters. The molecule has 2 aliphatic carbocycles. The number of fused-ring (bicyclic) bond motifs is 1. The summed E-state index contributed by atoms with van der Waals surface area (Å²) >= 11 is 0. The van der Waals surface area contributed by atoms with Crippen molar-refractivity contribution in [2.45, 2.75) is 76.7 Å². The van der Waals surface area contributed by atoms with Crippen LogP contribution in [0.2, 0.25) is 0 Å². The van der Waals surface area contributed by atoms with Crippen LogP contribution in [-0.4, -0.2) is 44.0 Å². The van der Waals surface area contributed by atoms with E-state index in [9.17, 15) is 13.2 Å². The summed E-state index contributed by atoms with van der Waals surface area (Å²) in [5, 5.41) is 6.86. The van der Waals surface area contributed by atoms with Crippen molar-refractivity contribution in [3.63, 3.8) is 0 Å². The quantitative estimate of drug-likeness (QED) is 0.349. The van der Waals surface area contributed by atoms with Crippen LogP contribution in [0.4, 0.5) is 13.2 Å². The van der Waals surface area contributed by atoms with E-state index in [1.165, 1.54) is 0 Å². The minimum atomic E-state index is -4.06. The van der Waals surface area contributed by atoms with Crippen LogP contribution in [0.15, 0.2) is 4.99 Å².